The lowest BCUT2D eigenvalue weighted by molar-refractivity contribution is -0.161. The van der Waals surface area contributed by atoms with Gasteiger partial charge < -0.3 is 24.2 Å². The predicted octanol–water partition coefficient (Wildman–Crippen LogP) is 17.5. The topological polar surface area (TPSA) is 155 Å². The number of esters is 3. The Morgan fingerprint density at radius 3 is 1.12 bits per heavy atom. The minimum Gasteiger partial charge on any atom is -0.462 e. The van der Waals surface area contributed by atoms with Crippen LogP contribution in [-0.2, 0) is 42.2 Å². The van der Waals surface area contributed by atoms with Gasteiger partial charge in [0.05, 0.1) is 19.8 Å². The number of phosphoric ester groups is 1. The Hall–Kier alpha value is -3.34. The Bertz CT molecular complexity index is 1560. The van der Waals surface area contributed by atoms with Crippen LogP contribution in [0.15, 0.2) is 85.1 Å². The molecule has 11 nitrogen and oxygen atoms in total. The summed E-state index contributed by atoms with van der Waals surface area (Å²) in [5.41, 5.74) is 0. The fourth-order valence-corrected chi connectivity index (χ4v) is 8.57. The van der Waals surface area contributed by atoms with E-state index in [9.17, 15) is 28.9 Å². The minimum atomic E-state index is -4.76. The molecule has 0 aliphatic heterocycles. The highest BCUT2D eigenvalue weighted by molar-refractivity contribution is 7.47. The fourth-order valence-electron chi connectivity index (χ4n) is 7.78. The number of aliphatic hydroxyl groups is 1. The van der Waals surface area contributed by atoms with E-state index in [4.69, 9.17) is 23.3 Å². The highest BCUT2D eigenvalue weighted by Gasteiger charge is 2.28. The third-order valence-corrected chi connectivity index (χ3v) is 13.2. The molecule has 74 heavy (non-hydrogen) atoms. The molecule has 0 amide bonds. The van der Waals surface area contributed by atoms with Gasteiger partial charge in [-0.3, -0.25) is 23.4 Å². The van der Waals surface area contributed by atoms with Crippen molar-refractivity contribution in [3.63, 3.8) is 0 Å². The van der Waals surface area contributed by atoms with Crippen LogP contribution in [0.2, 0.25) is 0 Å². The van der Waals surface area contributed by atoms with E-state index in [1.807, 2.05) is 0 Å². The number of allylic oxidation sites excluding steroid dienone is 14. The summed E-state index contributed by atoms with van der Waals surface area (Å²) >= 11 is 0. The van der Waals surface area contributed by atoms with Crippen LogP contribution in [0.4, 0.5) is 0 Å². The maximum absolute atomic E-state index is 12.9. The molecule has 0 aromatic carbocycles. The second-order valence-electron chi connectivity index (χ2n) is 19.4. The predicted molar refractivity (Wildman–Crippen MR) is 307 cm³/mol. The highest BCUT2D eigenvalue weighted by atomic mass is 31.2. The second kappa shape index (κ2) is 55.9. The van der Waals surface area contributed by atoms with Crippen molar-refractivity contribution in [2.45, 2.75) is 264 Å². The van der Waals surface area contributed by atoms with E-state index in [1.165, 1.54) is 64.2 Å². The molecule has 0 aromatic heterocycles. The summed E-state index contributed by atoms with van der Waals surface area (Å²) in [6.45, 7) is 4.45. The summed E-state index contributed by atoms with van der Waals surface area (Å²) in [6.07, 6.45) is 63.9. The monoisotopic (exact) mass is 1060 g/mol. The zero-order chi connectivity index (χ0) is 54.1. The van der Waals surface area contributed by atoms with Crippen LogP contribution in [0.3, 0.4) is 0 Å². The van der Waals surface area contributed by atoms with Gasteiger partial charge in [-0.1, -0.05) is 202 Å². The van der Waals surface area contributed by atoms with Gasteiger partial charge in [-0.05, 0) is 116 Å². The molecule has 0 spiro atoms. The van der Waals surface area contributed by atoms with E-state index in [1.54, 1.807) is 0 Å². The Kier molecular flexibility index (Phi) is 53.4. The first-order valence-corrected chi connectivity index (χ1v) is 31.0. The van der Waals surface area contributed by atoms with Gasteiger partial charge in [0.1, 0.15) is 12.7 Å². The molecule has 3 atom stereocenters. The molecular weight excluding hydrogens is 952 g/mol. The first-order chi connectivity index (χ1) is 36.2. The van der Waals surface area contributed by atoms with Gasteiger partial charge in [0.25, 0.3) is 0 Å². The van der Waals surface area contributed by atoms with Crippen LogP contribution in [0.5, 0.6) is 0 Å². The van der Waals surface area contributed by atoms with Gasteiger partial charge >= 0.3 is 25.7 Å². The number of carbonyl (C=O) groups is 3. The third kappa shape index (κ3) is 53.5. The summed E-state index contributed by atoms with van der Waals surface area (Å²) < 4.78 is 39.5. The average Bonchev–Trinajstić information content (AvgIpc) is 3.39. The molecule has 0 heterocycles. The van der Waals surface area contributed by atoms with Crippen molar-refractivity contribution in [2.75, 3.05) is 26.4 Å². The first kappa shape index (κ1) is 70.7. The minimum absolute atomic E-state index is 0.135. The molecule has 3 unspecified atom stereocenters. The number of phosphoric acid groups is 1. The van der Waals surface area contributed by atoms with Crippen molar-refractivity contribution < 1.29 is 52.2 Å². The van der Waals surface area contributed by atoms with Gasteiger partial charge in [0, 0.05) is 19.3 Å². The van der Waals surface area contributed by atoms with E-state index >= 15 is 0 Å². The van der Waals surface area contributed by atoms with Crippen LogP contribution in [-0.4, -0.2) is 66.5 Å². The molecule has 0 rings (SSSR count). The lowest BCUT2D eigenvalue weighted by atomic mass is 10.1. The molecule has 2 N–H and O–H groups in total. The molecule has 0 saturated carbocycles. The molecule has 12 heteroatoms. The number of hydrogen-bond donors (Lipinski definition) is 2. The molecule has 0 saturated heterocycles. The van der Waals surface area contributed by atoms with Crippen molar-refractivity contribution >= 4 is 25.7 Å². The van der Waals surface area contributed by atoms with E-state index in [0.717, 1.165) is 128 Å². The smallest absolute Gasteiger partial charge is 0.462 e. The van der Waals surface area contributed by atoms with Crippen molar-refractivity contribution in [3.8, 4) is 0 Å². The molecule has 0 aliphatic carbocycles. The summed E-state index contributed by atoms with van der Waals surface area (Å²) in [6, 6.07) is 0. The zero-order valence-corrected chi connectivity index (χ0v) is 47.9. The highest BCUT2D eigenvalue weighted by Crippen LogP contribution is 2.43. The van der Waals surface area contributed by atoms with Crippen LogP contribution in [0.25, 0.3) is 0 Å². The van der Waals surface area contributed by atoms with Gasteiger partial charge in [0.15, 0.2) is 6.10 Å². The van der Waals surface area contributed by atoms with Gasteiger partial charge in [-0.25, -0.2) is 4.57 Å². The van der Waals surface area contributed by atoms with E-state index in [2.05, 4.69) is 106 Å². The zero-order valence-electron chi connectivity index (χ0n) is 47.0. The van der Waals surface area contributed by atoms with E-state index in [-0.39, 0.29) is 25.9 Å². The number of carbonyl (C=O) groups excluding carboxylic acids is 3. The quantitative estimate of drug-likeness (QED) is 0.0197. The summed E-state index contributed by atoms with van der Waals surface area (Å²) in [5.74, 6) is -1.51. The van der Waals surface area contributed by atoms with Crippen LogP contribution in [0, 0.1) is 0 Å². The lowest BCUT2D eigenvalue weighted by Crippen LogP contribution is -2.30. The first-order valence-electron chi connectivity index (χ1n) is 29.5. The van der Waals surface area contributed by atoms with E-state index in [0.29, 0.717) is 19.3 Å². The van der Waals surface area contributed by atoms with Gasteiger partial charge in [0.2, 0.25) is 0 Å². The standard InChI is InChI=1S/C62H107O11P/c1-4-7-10-13-16-19-22-25-27-29-31-34-36-39-42-45-48-51-60(64)69-55-59(73-62(66)53-50-47-44-41-38-35-32-30-28-26-23-20-17-14-11-8-5-2)57-71-74(67,68)70-56-58(54-63)72-61(65)52-49-46-43-40-37-33-24-21-18-15-12-9-6-3/h8,11,16-17,19-21,24-28,32,35,58-59,63H,4-7,9-10,12-15,18,22-23,29-31,33-34,36-57H2,1-3H3,(H,67,68)/b11-8-,19-16-,20-17-,24-21-,27-25-,28-26-,35-32-. The van der Waals surface area contributed by atoms with Crippen molar-refractivity contribution in [1.29, 1.82) is 0 Å². The fraction of sp³-hybridized carbons (Fsp3) is 0.726. The Labute approximate surface area is 451 Å². The SMILES string of the molecule is CC/C=C\C/C=C\C/C=C\C/C=C\CCCCCCC(=O)OC(COC(=O)CCCCCCCCC/C=C\C/C=C\CCCCC)COP(=O)(O)OCC(CO)OC(=O)CCCCCCC/C=C\CCCCCC. The Morgan fingerprint density at radius 2 is 0.703 bits per heavy atom. The van der Waals surface area contributed by atoms with Crippen LogP contribution < -0.4 is 0 Å². The third-order valence-electron chi connectivity index (χ3n) is 12.3. The van der Waals surface area contributed by atoms with Crippen LogP contribution >= 0.6 is 7.82 Å². The largest absolute Gasteiger partial charge is 0.472 e. The van der Waals surface area contributed by atoms with Crippen molar-refractivity contribution in [2.24, 2.45) is 0 Å². The lowest BCUT2D eigenvalue weighted by Gasteiger charge is -2.21. The number of aliphatic hydroxyl groups excluding tert-OH is 1. The summed E-state index contributed by atoms with van der Waals surface area (Å²) in [7, 11) is -4.76. The normalized spacial score (nSPS) is 14.0. The molecule has 0 aliphatic rings. The molecule has 0 aromatic rings. The number of hydrogen-bond acceptors (Lipinski definition) is 10. The maximum atomic E-state index is 12.9. The summed E-state index contributed by atoms with van der Waals surface area (Å²) in [4.78, 5) is 48.6. The Balaban J connectivity index is 4.79. The Morgan fingerprint density at radius 1 is 0.392 bits per heavy atom. The number of unbranched alkanes of at least 4 members (excludes halogenated alkanes) is 23. The molecule has 0 fully saturated rings. The summed E-state index contributed by atoms with van der Waals surface area (Å²) in [5, 5.41) is 9.81. The molecule has 426 valence electrons. The van der Waals surface area contributed by atoms with Crippen molar-refractivity contribution in [1.82, 2.24) is 0 Å². The molecule has 0 bridgehead atoms. The van der Waals surface area contributed by atoms with Gasteiger partial charge in [-0.2, -0.15) is 0 Å². The maximum Gasteiger partial charge on any atom is 0.472 e. The van der Waals surface area contributed by atoms with Crippen molar-refractivity contribution in [3.05, 3.63) is 85.1 Å². The molecule has 0 radical (unpaired) electrons. The second-order valence-corrected chi connectivity index (χ2v) is 20.9. The average molecular weight is 1060 g/mol. The molecular formula is C62H107O11P. The van der Waals surface area contributed by atoms with Crippen LogP contribution in [0.1, 0.15) is 252 Å². The number of rotatable bonds is 54. The van der Waals surface area contributed by atoms with Gasteiger partial charge in [-0.15, -0.1) is 0 Å². The van der Waals surface area contributed by atoms with E-state index < -0.39 is 57.8 Å². The number of ether oxygens (including phenoxy) is 3.